The van der Waals surface area contributed by atoms with E-state index in [-0.39, 0.29) is 11.5 Å². The Morgan fingerprint density at radius 3 is 2.33 bits per heavy atom. The quantitative estimate of drug-likeness (QED) is 0.361. The van der Waals surface area contributed by atoms with Crippen LogP contribution in [0, 0.1) is 27.2 Å². The van der Waals surface area contributed by atoms with Crippen LogP contribution in [0.2, 0.25) is 0 Å². The third kappa shape index (κ3) is 4.90. The van der Waals surface area contributed by atoms with Crippen LogP contribution in [0.5, 0.6) is 0 Å². The Hall–Kier alpha value is -4.41. The number of rotatable bonds is 7. The normalized spacial score (nSPS) is 10.8. The molecule has 11 heteroatoms. The van der Waals surface area contributed by atoms with Crippen LogP contribution in [0.4, 0.5) is 11.5 Å². The molecular weight excluding hydrogens is 392 g/mol. The van der Waals surface area contributed by atoms with Crippen LogP contribution in [0.15, 0.2) is 59.7 Å². The molecule has 0 atom stereocenters. The van der Waals surface area contributed by atoms with Crippen molar-refractivity contribution < 1.29 is 14.6 Å². The number of hydrogen-bond donors (Lipinski definition) is 1. The second kappa shape index (κ2) is 8.73. The smallest absolute Gasteiger partial charge is 0.358 e. The Morgan fingerprint density at radius 2 is 1.77 bits per heavy atom. The van der Waals surface area contributed by atoms with Gasteiger partial charge in [-0.05, 0) is 47.2 Å². The molecule has 0 fully saturated rings. The fourth-order valence-corrected chi connectivity index (χ4v) is 2.59. The molecule has 3 aromatic rings. The minimum Gasteiger partial charge on any atom is -0.358 e. The van der Waals surface area contributed by atoms with Gasteiger partial charge in [0.25, 0.3) is 11.6 Å². The summed E-state index contributed by atoms with van der Waals surface area (Å²) >= 11 is 0. The molecule has 2 aromatic carbocycles. The van der Waals surface area contributed by atoms with Gasteiger partial charge in [0.15, 0.2) is 0 Å². The summed E-state index contributed by atoms with van der Waals surface area (Å²) in [6.45, 7) is 2.06. The largest absolute Gasteiger partial charge is 0.390 e. The van der Waals surface area contributed by atoms with Gasteiger partial charge in [-0.15, -0.1) is 0 Å². The van der Waals surface area contributed by atoms with E-state index < -0.39 is 15.8 Å². The van der Waals surface area contributed by atoms with Crippen LogP contribution in [-0.4, -0.2) is 31.7 Å². The van der Waals surface area contributed by atoms with Gasteiger partial charge >= 0.3 is 5.82 Å². The van der Waals surface area contributed by atoms with Crippen molar-refractivity contribution >= 4 is 23.6 Å². The Kier molecular flexibility index (Phi) is 5.92. The van der Waals surface area contributed by atoms with Crippen molar-refractivity contribution in [3.63, 3.8) is 0 Å². The van der Waals surface area contributed by atoms with Crippen LogP contribution in [0.1, 0.15) is 27.2 Å². The van der Waals surface area contributed by atoms with E-state index >= 15 is 0 Å². The first-order valence-corrected chi connectivity index (χ1v) is 8.69. The lowest BCUT2D eigenvalue weighted by Gasteiger charge is -2.03. The zero-order chi connectivity index (χ0) is 21.7. The Bertz CT molecular complexity index is 1120. The van der Waals surface area contributed by atoms with Gasteiger partial charge in [-0.3, -0.25) is 14.9 Å². The number of non-ortho nitro benzene ring substituents is 1. The topological polar surface area (TPSA) is 146 Å². The zero-order valence-corrected chi connectivity index (χ0v) is 15.8. The van der Waals surface area contributed by atoms with E-state index in [0.717, 1.165) is 5.56 Å². The number of hydrazone groups is 1. The summed E-state index contributed by atoms with van der Waals surface area (Å²) in [5.74, 6) is -0.639. The van der Waals surface area contributed by atoms with E-state index in [2.05, 4.69) is 15.6 Å². The monoisotopic (exact) mass is 408 g/mol. The van der Waals surface area contributed by atoms with Crippen LogP contribution in [0.3, 0.4) is 0 Å². The highest BCUT2D eigenvalue weighted by molar-refractivity contribution is 5.94. The Labute approximate surface area is 169 Å². The number of aromatic nitrogens is 2. The molecule has 0 radical (unpaired) electrons. The summed E-state index contributed by atoms with van der Waals surface area (Å²) in [6.07, 6.45) is 1.38. The van der Waals surface area contributed by atoms with Gasteiger partial charge in [-0.2, -0.15) is 9.78 Å². The number of nitro groups is 2. The van der Waals surface area contributed by atoms with Crippen molar-refractivity contribution in [3.8, 4) is 0 Å². The van der Waals surface area contributed by atoms with Gasteiger partial charge in [-0.1, -0.05) is 12.1 Å². The van der Waals surface area contributed by atoms with Gasteiger partial charge in [0.05, 0.1) is 34.5 Å². The molecule has 0 unspecified atom stereocenters. The van der Waals surface area contributed by atoms with Crippen LogP contribution < -0.4 is 5.43 Å². The first-order valence-electron chi connectivity index (χ1n) is 8.69. The number of hydrogen-bond acceptors (Lipinski definition) is 7. The molecule has 1 amide bonds. The average Bonchev–Trinajstić information content (AvgIpc) is 3.09. The van der Waals surface area contributed by atoms with E-state index in [1.165, 1.54) is 41.2 Å². The summed E-state index contributed by atoms with van der Waals surface area (Å²) in [4.78, 5) is 32.6. The third-order valence-electron chi connectivity index (χ3n) is 4.19. The Morgan fingerprint density at radius 1 is 1.10 bits per heavy atom. The third-order valence-corrected chi connectivity index (χ3v) is 4.19. The first kappa shape index (κ1) is 20.3. The molecule has 11 nitrogen and oxygen atoms in total. The summed E-state index contributed by atoms with van der Waals surface area (Å²) in [7, 11) is 0. The fourth-order valence-electron chi connectivity index (χ4n) is 2.59. The zero-order valence-electron chi connectivity index (χ0n) is 15.8. The molecule has 0 bridgehead atoms. The highest BCUT2D eigenvalue weighted by Gasteiger charge is 2.15. The number of nitrogens with one attached hydrogen (secondary N) is 1. The lowest BCUT2D eigenvalue weighted by Crippen LogP contribution is -2.17. The number of nitro benzene ring substituents is 1. The van der Waals surface area contributed by atoms with E-state index in [1.807, 2.05) is 0 Å². The number of carbonyl (C=O) groups is 1. The number of benzene rings is 2. The highest BCUT2D eigenvalue weighted by Crippen LogP contribution is 2.14. The average molecular weight is 408 g/mol. The van der Waals surface area contributed by atoms with Gasteiger partial charge in [0, 0.05) is 17.7 Å². The fraction of sp³-hybridized carbons (Fsp3) is 0.105. The van der Waals surface area contributed by atoms with Crippen molar-refractivity contribution in [2.45, 2.75) is 13.5 Å². The van der Waals surface area contributed by atoms with Gasteiger partial charge in [0.1, 0.15) is 0 Å². The maximum Gasteiger partial charge on any atom is 0.390 e. The first-order chi connectivity index (χ1) is 14.3. The molecule has 1 heterocycles. The summed E-state index contributed by atoms with van der Waals surface area (Å²) < 4.78 is 1.52. The minimum absolute atomic E-state index is 0.0313. The molecule has 1 aromatic heterocycles. The molecule has 0 aliphatic rings. The van der Waals surface area contributed by atoms with Crippen molar-refractivity contribution in [2.24, 2.45) is 5.10 Å². The van der Waals surface area contributed by atoms with Crippen molar-refractivity contribution in [1.82, 2.24) is 15.2 Å². The lowest BCUT2D eigenvalue weighted by molar-refractivity contribution is -0.389. The molecule has 30 heavy (non-hydrogen) atoms. The summed E-state index contributed by atoms with van der Waals surface area (Å²) in [5, 5.41) is 29.2. The molecule has 0 aliphatic heterocycles. The standard InChI is InChI=1S/C19H16N6O5/c1-13-10-18(25(29)30)22-23(13)12-15-2-6-16(7-3-15)19(26)21-20-11-14-4-8-17(9-5-14)24(27)28/h2-11H,12H2,1H3,(H,21,26). The molecule has 0 spiro atoms. The number of aryl methyl sites for hydroxylation is 1. The maximum atomic E-state index is 12.2. The molecular formula is C19H16N6O5. The van der Waals surface area contributed by atoms with E-state index in [4.69, 9.17) is 0 Å². The van der Waals surface area contributed by atoms with Gasteiger partial charge < -0.3 is 10.1 Å². The lowest BCUT2D eigenvalue weighted by atomic mass is 10.1. The predicted molar refractivity (Wildman–Crippen MR) is 107 cm³/mol. The molecule has 152 valence electrons. The van der Waals surface area contributed by atoms with E-state index in [1.54, 1.807) is 31.2 Å². The van der Waals surface area contributed by atoms with Crippen molar-refractivity contribution in [2.75, 3.05) is 0 Å². The SMILES string of the molecule is Cc1cc([N+](=O)[O-])nn1Cc1ccc(C(=O)NN=Cc2ccc([N+](=O)[O-])cc2)cc1. The molecule has 0 aliphatic carbocycles. The van der Waals surface area contributed by atoms with Crippen LogP contribution >= 0.6 is 0 Å². The van der Waals surface area contributed by atoms with E-state index in [9.17, 15) is 25.0 Å². The predicted octanol–water partition coefficient (Wildman–Crippen LogP) is 2.82. The number of carbonyl (C=O) groups excluding carboxylic acids is 1. The highest BCUT2D eigenvalue weighted by atomic mass is 16.6. The maximum absolute atomic E-state index is 12.2. The second-order valence-corrected chi connectivity index (χ2v) is 6.30. The Balaban J connectivity index is 1.59. The summed E-state index contributed by atoms with van der Waals surface area (Å²) in [5.41, 5.74) is 4.80. The van der Waals surface area contributed by atoms with Crippen molar-refractivity contribution in [1.29, 1.82) is 0 Å². The minimum atomic E-state index is -0.547. The van der Waals surface area contributed by atoms with Crippen LogP contribution in [0.25, 0.3) is 0 Å². The molecule has 0 saturated carbocycles. The van der Waals surface area contributed by atoms with Gasteiger partial charge in [-0.25, -0.2) is 5.43 Å². The second-order valence-electron chi connectivity index (χ2n) is 6.30. The molecule has 1 N–H and O–H groups in total. The summed E-state index contributed by atoms with van der Waals surface area (Å²) in [6, 6.07) is 13.8. The molecule has 0 saturated heterocycles. The van der Waals surface area contributed by atoms with Crippen molar-refractivity contribution in [3.05, 3.63) is 97.2 Å². The van der Waals surface area contributed by atoms with Gasteiger partial charge in [0.2, 0.25) is 0 Å². The molecule has 3 rings (SSSR count). The van der Waals surface area contributed by atoms with E-state index in [0.29, 0.717) is 23.4 Å². The number of nitrogens with zero attached hydrogens (tertiary/aromatic N) is 5. The number of amides is 1. The van der Waals surface area contributed by atoms with Crippen LogP contribution in [-0.2, 0) is 6.54 Å².